The number of rotatable bonds is 1. The molecule has 1 heterocycles. The Morgan fingerprint density at radius 2 is 1.78 bits per heavy atom. The van der Waals surface area contributed by atoms with Gasteiger partial charge in [0.2, 0.25) is 5.36 Å². The number of nitrogens with zero attached hydrogens (tertiary/aromatic N) is 3. The summed E-state index contributed by atoms with van der Waals surface area (Å²) in [4.78, 5) is 6.70. The third-order valence-corrected chi connectivity index (χ3v) is 3.38. The van der Waals surface area contributed by atoms with Crippen molar-refractivity contribution in [3.63, 3.8) is 0 Å². The summed E-state index contributed by atoms with van der Waals surface area (Å²) in [5, 5.41) is 1.10. The molecule has 0 saturated heterocycles. The van der Waals surface area contributed by atoms with E-state index in [9.17, 15) is 0 Å². The number of hydrogen-bond donors (Lipinski definition) is 0. The first kappa shape index (κ1) is 18.2. The minimum atomic E-state index is -0.931. The van der Waals surface area contributed by atoms with Gasteiger partial charge in [-0.15, -0.1) is 0 Å². The summed E-state index contributed by atoms with van der Waals surface area (Å²) >= 11 is -0.931. The molecule has 0 fully saturated rings. The average molecular weight is 405 g/mol. The van der Waals surface area contributed by atoms with Crippen LogP contribution in [0, 0.1) is 0 Å². The summed E-state index contributed by atoms with van der Waals surface area (Å²) in [6, 6.07) is 12.1. The Hall–Kier alpha value is -1.16. The predicted molar refractivity (Wildman–Crippen MR) is 93.8 cm³/mol. The quantitative estimate of drug-likeness (QED) is 0.354. The Morgan fingerprint density at radius 1 is 1.09 bits per heavy atom. The van der Waals surface area contributed by atoms with Gasteiger partial charge in [-0.1, -0.05) is 0 Å². The van der Waals surface area contributed by atoms with Gasteiger partial charge in [-0.25, -0.2) is 9.56 Å². The van der Waals surface area contributed by atoms with E-state index in [-0.39, 0.29) is 0 Å². The van der Waals surface area contributed by atoms with Gasteiger partial charge in [0, 0.05) is 31.9 Å². The van der Waals surface area contributed by atoms with Crippen molar-refractivity contribution in [1.82, 2.24) is 9.56 Å². The van der Waals surface area contributed by atoms with Crippen LogP contribution in [0.2, 0.25) is 0 Å². The summed E-state index contributed by atoms with van der Waals surface area (Å²) in [5.41, 5.74) is 3.66. The molecule has 0 bridgehead atoms. The number of hydrogen-bond acceptors (Lipinski definition) is 3. The third-order valence-electron chi connectivity index (χ3n) is 3.38. The molecule has 0 aromatic heterocycles. The number of aromatic nitrogens is 1. The number of anilines is 1. The van der Waals surface area contributed by atoms with Crippen molar-refractivity contribution in [2.45, 2.75) is 0 Å². The molecule has 23 heavy (non-hydrogen) atoms. The Balaban J connectivity index is 0.000000595. The van der Waals surface area contributed by atoms with E-state index in [0.29, 0.717) is 0 Å². The molecule has 1 aromatic rings. The standard InChI is InChI=1S/C16H18N3O.2ClH.Zn/c1-18(2)11-5-7-13-15(9-11)20-16-10-12(19(3)4)6-8-14(16)17-13;;;/h5-10H,1-4H3;2*1H;/q+1;;;+2/p-2. The molecule has 1 aromatic carbocycles. The Kier molecular flexibility index (Phi) is 6.40. The molecular weight excluding hydrogens is 386 g/mol. The second-order valence-electron chi connectivity index (χ2n) is 5.41. The van der Waals surface area contributed by atoms with Crippen LogP contribution in [0.3, 0.4) is 0 Å². The van der Waals surface area contributed by atoms with E-state index >= 15 is 0 Å². The second kappa shape index (κ2) is 8.09. The van der Waals surface area contributed by atoms with Crippen LogP contribution >= 0.6 is 19.4 Å². The van der Waals surface area contributed by atoms with E-state index in [1.54, 1.807) is 0 Å². The first-order chi connectivity index (χ1) is 11.0. The van der Waals surface area contributed by atoms with E-state index in [1.165, 1.54) is 0 Å². The molecule has 0 unspecified atom stereocenters. The van der Waals surface area contributed by atoms with E-state index < -0.39 is 15.1 Å². The average Bonchev–Trinajstić information content (AvgIpc) is 2.52. The predicted octanol–water partition coefficient (Wildman–Crippen LogP) is 3.41. The first-order valence-corrected chi connectivity index (χ1v) is 14.9. The van der Waals surface area contributed by atoms with Gasteiger partial charge in [0.05, 0.1) is 6.07 Å². The van der Waals surface area contributed by atoms with Crippen LogP contribution < -0.4 is 14.8 Å². The van der Waals surface area contributed by atoms with Crippen molar-refractivity contribution in [1.29, 1.82) is 0 Å². The maximum absolute atomic E-state index is 6.01. The molecule has 1 aliphatic heterocycles. The molecule has 0 amide bonds. The van der Waals surface area contributed by atoms with Crippen molar-refractivity contribution in [2.24, 2.45) is 0 Å². The molecule has 0 radical (unpaired) electrons. The number of halogens is 2. The van der Waals surface area contributed by atoms with Crippen LogP contribution in [-0.4, -0.2) is 33.2 Å². The molecule has 1 aliphatic carbocycles. The summed E-state index contributed by atoms with van der Waals surface area (Å²) in [6.45, 7) is 0. The zero-order valence-corrected chi connectivity index (χ0v) is 18.2. The zero-order chi connectivity index (χ0) is 17.0. The second-order valence-corrected chi connectivity index (χ2v) is 10.0. The molecule has 118 valence electrons. The molecule has 3 rings (SSSR count). The molecule has 4 nitrogen and oxygen atoms in total. The van der Waals surface area contributed by atoms with Gasteiger partial charge in [-0.2, -0.15) is 0 Å². The van der Waals surface area contributed by atoms with Crippen LogP contribution in [0.4, 0.5) is 5.69 Å². The number of benzene rings is 2. The third kappa shape index (κ3) is 4.44. The fourth-order valence-electron chi connectivity index (χ4n) is 2.16. The first-order valence-electron chi connectivity index (χ1n) is 7.10. The minimum absolute atomic E-state index is 0.805. The van der Waals surface area contributed by atoms with Gasteiger partial charge >= 0.3 is 34.5 Å². The van der Waals surface area contributed by atoms with Crippen LogP contribution in [0.5, 0.6) is 0 Å². The van der Waals surface area contributed by atoms with Crippen molar-refractivity contribution in [3.8, 4) is 11.5 Å². The van der Waals surface area contributed by atoms with Crippen molar-refractivity contribution >= 4 is 36.2 Å². The molecule has 0 saturated carbocycles. The van der Waals surface area contributed by atoms with Crippen molar-refractivity contribution in [2.75, 3.05) is 33.1 Å². The monoisotopic (exact) mass is 402 g/mol. The van der Waals surface area contributed by atoms with Crippen LogP contribution in [-0.2, 0) is 15.1 Å². The van der Waals surface area contributed by atoms with E-state index in [4.69, 9.17) is 23.8 Å². The Morgan fingerprint density at radius 3 is 2.39 bits per heavy atom. The zero-order valence-electron chi connectivity index (χ0n) is 13.7. The summed E-state index contributed by atoms with van der Waals surface area (Å²) in [7, 11) is 18.0. The van der Waals surface area contributed by atoms with Gasteiger partial charge < -0.3 is 9.32 Å². The van der Waals surface area contributed by atoms with E-state index in [1.807, 2.05) is 64.6 Å². The fraction of sp³-hybridized carbons (Fsp3) is 0.250. The Labute approximate surface area is 151 Å². The molecule has 7 heteroatoms. The van der Waals surface area contributed by atoms with Crippen LogP contribution in [0.25, 0.3) is 22.6 Å². The van der Waals surface area contributed by atoms with Crippen LogP contribution in [0.15, 0.2) is 40.8 Å². The van der Waals surface area contributed by atoms with Gasteiger partial charge in [0.25, 0.3) is 0 Å². The fourth-order valence-corrected chi connectivity index (χ4v) is 2.16. The number of fused-ring (bicyclic) bond motifs is 2. The normalized spacial score (nSPS) is 10.0. The molecular formula is C16H18Cl2N3OZn+. The van der Waals surface area contributed by atoms with Crippen LogP contribution in [0.1, 0.15) is 0 Å². The topological polar surface area (TPSA) is 32.3 Å². The molecule has 0 atom stereocenters. The van der Waals surface area contributed by atoms with Gasteiger partial charge in [-0.3, -0.25) is 0 Å². The van der Waals surface area contributed by atoms with Crippen molar-refractivity contribution in [3.05, 3.63) is 41.8 Å². The molecule has 0 spiro atoms. The van der Waals surface area contributed by atoms with Gasteiger partial charge in [-0.05, 0) is 18.2 Å². The molecule has 2 aliphatic rings. The maximum atomic E-state index is 6.01. The summed E-state index contributed by atoms with van der Waals surface area (Å²) in [6.07, 6.45) is 0. The SMILES string of the molecule is CN(C)c1ccc2nc3ccc(=[N+](C)C)cc-3oc2c1.[Cl][Zn][Cl]. The molecule has 0 N–H and O–H groups in total. The van der Waals surface area contributed by atoms with Crippen molar-refractivity contribution < 1.29 is 19.6 Å². The summed E-state index contributed by atoms with van der Waals surface area (Å²) < 4.78 is 8.06. The van der Waals surface area contributed by atoms with Gasteiger partial charge in [0.1, 0.15) is 25.3 Å². The van der Waals surface area contributed by atoms with Gasteiger partial charge in [0.15, 0.2) is 11.3 Å². The van der Waals surface area contributed by atoms with E-state index in [2.05, 4.69) is 14.5 Å². The summed E-state index contributed by atoms with van der Waals surface area (Å²) in [5.74, 6) is 0.805. The Bertz CT molecular complexity index is 844. The van der Waals surface area contributed by atoms with E-state index in [0.717, 1.165) is 33.6 Å².